The Morgan fingerprint density at radius 1 is 1.29 bits per heavy atom. The summed E-state index contributed by atoms with van der Waals surface area (Å²) >= 11 is 0. The van der Waals surface area contributed by atoms with Crippen LogP contribution in [0.3, 0.4) is 0 Å². The molecule has 3 aromatic rings. The third kappa shape index (κ3) is 2.33. The molecule has 0 atom stereocenters. The molecule has 0 fully saturated rings. The number of hydrogen-bond donors (Lipinski definition) is 0. The predicted molar refractivity (Wildman–Crippen MR) is 76.5 cm³/mol. The van der Waals surface area contributed by atoms with E-state index in [0.717, 1.165) is 5.56 Å². The van der Waals surface area contributed by atoms with Crippen molar-refractivity contribution in [3.05, 3.63) is 59.5 Å². The molecule has 0 unspecified atom stereocenters. The van der Waals surface area contributed by atoms with Gasteiger partial charge in [0.25, 0.3) is 0 Å². The average molecular weight is 283 g/mol. The molecule has 21 heavy (non-hydrogen) atoms. The van der Waals surface area contributed by atoms with Crippen LogP contribution in [0.2, 0.25) is 0 Å². The molecular formula is C16H13NO4. The third-order valence-electron chi connectivity index (χ3n) is 3.28. The summed E-state index contributed by atoms with van der Waals surface area (Å²) in [5, 5.41) is 0.702. The van der Waals surface area contributed by atoms with E-state index in [9.17, 15) is 9.59 Å². The van der Waals surface area contributed by atoms with Gasteiger partial charge in [-0.1, -0.05) is 30.3 Å². The number of methoxy groups -OCH3 is 1. The van der Waals surface area contributed by atoms with Gasteiger partial charge in [-0.3, -0.25) is 4.79 Å². The SMILES string of the molecule is COC(=O)c1cc2cc(C=O)oc2n1Cc1ccccc1. The molecule has 2 heterocycles. The molecule has 0 aliphatic heterocycles. The highest BCUT2D eigenvalue weighted by atomic mass is 16.5. The number of aromatic nitrogens is 1. The molecule has 0 radical (unpaired) electrons. The Hall–Kier alpha value is -2.82. The molecule has 0 bridgehead atoms. The van der Waals surface area contributed by atoms with Gasteiger partial charge in [0, 0.05) is 5.39 Å². The number of nitrogens with zero attached hydrogens (tertiary/aromatic N) is 1. The van der Waals surface area contributed by atoms with Crippen molar-refractivity contribution in [2.75, 3.05) is 7.11 Å². The van der Waals surface area contributed by atoms with Gasteiger partial charge in [0.1, 0.15) is 5.69 Å². The van der Waals surface area contributed by atoms with E-state index in [4.69, 9.17) is 9.15 Å². The number of benzene rings is 1. The van der Waals surface area contributed by atoms with Crippen molar-refractivity contribution in [1.82, 2.24) is 4.57 Å². The van der Waals surface area contributed by atoms with Crippen LogP contribution in [0.4, 0.5) is 0 Å². The number of hydrogen-bond acceptors (Lipinski definition) is 4. The minimum absolute atomic E-state index is 0.234. The van der Waals surface area contributed by atoms with Crippen LogP contribution in [-0.2, 0) is 11.3 Å². The molecule has 0 amide bonds. The highest BCUT2D eigenvalue weighted by Crippen LogP contribution is 2.25. The molecule has 0 aliphatic rings. The molecule has 2 aromatic heterocycles. The zero-order chi connectivity index (χ0) is 14.8. The van der Waals surface area contributed by atoms with Crippen LogP contribution in [0.1, 0.15) is 26.6 Å². The van der Waals surface area contributed by atoms with Gasteiger partial charge in [-0.05, 0) is 17.7 Å². The van der Waals surface area contributed by atoms with Gasteiger partial charge in [-0.15, -0.1) is 0 Å². The first-order valence-electron chi connectivity index (χ1n) is 6.43. The molecule has 0 saturated carbocycles. The van der Waals surface area contributed by atoms with E-state index in [2.05, 4.69) is 0 Å². The van der Waals surface area contributed by atoms with Crippen LogP contribution in [-0.4, -0.2) is 23.9 Å². The lowest BCUT2D eigenvalue weighted by molar-refractivity contribution is 0.0589. The number of furan rings is 1. The Bertz CT molecular complexity index is 798. The fourth-order valence-electron chi connectivity index (χ4n) is 2.32. The van der Waals surface area contributed by atoms with E-state index in [0.29, 0.717) is 29.6 Å². The van der Waals surface area contributed by atoms with Crippen molar-refractivity contribution in [1.29, 1.82) is 0 Å². The molecule has 0 spiro atoms. The first-order chi connectivity index (χ1) is 10.2. The van der Waals surface area contributed by atoms with Crippen LogP contribution in [0.15, 0.2) is 46.9 Å². The van der Waals surface area contributed by atoms with Crippen molar-refractivity contribution < 1.29 is 18.7 Å². The summed E-state index contributed by atoms with van der Waals surface area (Å²) < 4.78 is 12.0. The van der Waals surface area contributed by atoms with Gasteiger partial charge in [0.05, 0.1) is 13.7 Å². The van der Waals surface area contributed by atoms with Crippen molar-refractivity contribution in [3.63, 3.8) is 0 Å². The fraction of sp³-hybridized carbons (Fsp3) is 0.125. The average Bonchev–Trinajstić information content (AvgIpc) is 3.06. The molecule has 0 N–H and O–H groups in total. The molecule has 5 heteroatoms. The number of fused-ring (bicyclic) bond motifs is 1. The summed E-state index contributed by atoms with van der Waals surface area (Å²) in [6.07, 6.45) is 0.644. The second kappa shape index (κ2) is 5.28. The lowest BCUT2D eigenvalue weighted by Gasteiger charge is -2.08. The van der Waals surface area contributed by atoms with Gasteiger partial charge < -0.3 is 13.7 Å². The van der Waals surface area contributed by atoms with E-state index in [1.807, 2.05) is 30.3 Å². The summed E-state index contributed by atoms with van der Waals surface area (Å²) in [5.41, 5.74) is 1.90. The quantitative estimate of drug-likeness (QED) is 0.545. The highest BCUT2D eigenvalue weighted by molar-refractivity contribution is 5.95. The Labute approximate surface area is 120 Å². The predicted octanol–water partition coefficient (Wildman–Crippen LogP) is 2.88. The van der Waals surface area contributed by atoms with E-state index in [-0.39, 0.29) is 5.76 Å². The van der Waals surface area contributed by atoms with Crippen LogP contribution in [0, 0.1) is 0 Å². The summed E-state index contributed by atoms with van der Waals surface area (Å²) in [6.45, 7) is 0.459. The molecule has 0 aliphatic carbocycles. The minimum atomic E-state index is -0.440. The largest absolute Gasteiger partial charge is 0.464 e. The third-order valence-corrected chi connectivity index (χ3v) is 3.28. The molecule has 5 nitrogen and oxygen atoms in total. The standard InChI is InChI=1S/C16H13NO4/c1-20-16(19)14-8-12-7-13(10-18)21-15(12)17(14)9-11-5-3-2-4-6-11/h2-8,10H,9H2,1H3. The van der Waals surface area contributed by atoms with Crippen molar-refractivity contribution in [2.24, 2.45) is 0 Å². The Morgan fingerprint density at radius 3 is 2.71 bits per heavy atom. The lowest BCUT2D eigenvalue weighted by Crippen LogP contribution is -2.11. The monoisotopic (exact) mass is 283 g/mol. The van der Waals surface area contributed by atoms with E-state index in [1.54, 1.807) is 16.7 Å². The van der Waals surface area contributed by atoms with Crippen LogP contribution >= 0.6 is 0 Å². The zero-order valence-corrected chi connectivity index (χ0v) is 11.4. The zero-order valence-electron chi connectivity index (χ0n) is 11.4. The normalized spacial score (nSPS) is 10.7. The van der Waals surface area contributed by atoms with Gasteiger partial charge in [-0.2, -0.15) is 0 Å². The molecule has 3 rings (SSSR count). The van der Waals surface area contributed by atoms with E-state index < -0.39 is 5.97 Å². The number of aldehydes is 1. The molecule has 0 saturated heterocycles. The molecule has 106 valence electrons. The first kappa shape index (κ1) is 13.2. The summed E-state index contributed by atoms with van der Waals surface area (Å²) in [4.78, 5) is 22.7. The summed E-state index contributed by atoms with van der Waals surface area (Å²) in [6, 6.07) is 13.0. The Kier molecular flexibility index (Phi) is 3.31. The van der Waals surface area contributed by atoms with Crippen molar-refractivity contribution in [2.45, 2.75) is 6.54 Å². The van der Waals surface area contributed by atoms with Crippen LogP contribution in [0.5, 0.6) is 0 Å². The molecule has 1 aromatic carbocycles. The summed E-state index contributed by atoms with van der Waals surface area (Å²) in [5.74, 6) is -0.205. The number of ether oxygens (including phenoxy) is 1. The number of carbonyl (C=O) groups excluding carboxylic acids is 2. The number of rotatable bonds is 4. The van der Waals surface area contributed by atoms with Gasteiger partial charge in [0.15, 0.2) is 12.0 Å². The highest BCUT2D eigenvalue weighted by Gasteiger charge is 2.19. The van der Waals surface area contributed by atoms with Gasteiger partial charge in [-0.25, -0.2) is 4.79 Å². The maximum atomic E-state index is 11.9. The van der Waals surface area contributed by atoms with Crippen LogP contribution < -0.4 is 0 Å². The lowest BCUT2D eigenvalue weighted by atomic mass is 10.2. The number of esters is 1. The Morgan fingerprint density at radius 2 is 2.05 bits per heavy atom. The number of carbonyl (C=O) groups is 2. The van der Waals surface area contributed by atoms with Crippen molar-refractivity contribution >= 4 is 23.4 Å². The van der Waals surface area contributed by atoms with Crippen molar-refractivity contribution in [3.8, 4) is 0 Å². The second-order valence-electron chi connectivity index (χ2n) is 4.62. The van der Waals surface area contributed by atoms with Gasteiger partial charge in [0.2, 0.25) is 5.71 Å². The second-order valence-corrected chi connectivity index (χ2v) is 4.62. The smallest absolute Gasteiger partial charge is 0.354 e. The summed E-state index contributed by atoms with van der Waals surface area (Å²) in [7, 11) is 1.33. The fourth-order valence-corrected chi connectivity index (χ4v) is 2.32. The maximum Gasteiger partial charge on any atom is 0.354 e. The molecular weight excluding hydrogens is 270 g/mol. The Balaban J connectivity index is 2.13. The van der Waals surface area contributed by atoms with E-state index in [1.165, 1.54) is 7.11 Å². The topological polar surface area (TPSA) is 61.4 Å². The maximum absolute atomic E-state index is 11.9. The van der Waals surface area contributed by atoms with Gasteiger partial charge >= 0.3 is 5.97 Å². The van der Waals surface area contributed by atoms with Crippen LogP contribution in [0.25, 0.3) is 11.1 Å². The van der Waals surface area contributed by atoms with E-state index >= 15 is 0 Å². The first-order valence-corrected chi connectivity index (χ1v) is 6.43. The minimum Gasteiger partial charge on any atom is -0.464 e.